The third-order valence-corrected chi connectivity index (χ3v) is 12.2. The highest BCUT2D eigenvalue weighted by atomic mass is 28.3. The third-order valence-electron chi connectivity index (χ3n) is 5.24. The summed E-state index contributed by atoms with van der Waals surface area (Å²) >= 11 is 0. The van der Waals surface area contributed by atoms with Gasteiger partial charge in [0.1, 0.15) is 8.24 Å². The number of carbonyl (C=O) groups excluding carboxylic acids is 1. The van der Waals surface area contributed by atoms with Crippen LogP contribution in [0.4, 0.5) is 0 Å². The van der Waals surface area contributed by atoms with Crippen LogP contribution in [0.2, 0.25) is 16.6 Å². The number of hydrogen-bond acceptors (Lipinski definition) is 4. The Morgan fingerprint density at radius 3 is 2.00 bits per heavy atom. The lowest BCUT2D eigenvalue weighted by Gasteiger charge is -2.49. The summed E-state index contributed by atoms with van der Waals surface area (Å²) in [5.41, 5.74) is 2.24. The molecule has 0 amide bonds. The summed E-state index contributed by atoms with van der Waals surface area (Å²) in [5, 5.41) is 0. The molecule has 1 rings (SSSR count). The first kappa shape index (κ1) is 18.7. The Hall–Kier alpha value is -0.393. The van der Waals surface area contributed by atoms with Crippen molar-refractivity contribution in [3.63, 3.8) is 0 Å². The van der Waals surface area contributed by atoms with Gasteiger partial charge in [-0.3, -0.25) is 9.69 Å². The molecule has 124 valence electrons. The van der Waals surface area contributed by atoms with Gasteiger partial charge in [-0.15, -0.1) is 0 Å². The normalized spacial score (nSPS) is 18.2. The summed E-state index contributed by atoms with van der Waals surface area (Å²) in [5.74, 6) is -0.103. The van der Waals surface area contributed by atoms with Gasteiger partial charge < -0.3 is 9.30 Å². The Bertz CT molecular complexity index is 323. The van der Waals surface area contributed by atoms with Gasteiger partial charge in [-0.25, -0.2) is 0 Å². The maximum atomic E-state index is 11.3. The van der Waals surface area contributed by atoms with Gasteiger partial charge >= 0.3 is 5.97 Å². The average molecular weight is 315 g/mol. The summed E-state index contributed by atoms with van der Waals surface area (Å²) < 4.78 is 7.53. The minimum absolute atomic E-state index is 0.103. The smallest absolute Gasteiger partial charge is 0.306 e. The largest absolute Gasteiger partial charge is 0.469 e. The first-order valence-corrected chi connectivity index (χ1v) is 10.5. The van der Waals surface area contributed by atoms with Crippen molar-refractivity contribution in [1.29, 1.82) is 0 Å². The number of hydrogen-bond donors (Lipinski definition) is 0. The Kier molecular flexibility index (Phi) is 6.88. The summed E-state index contributed by atoms with van der Waals surface area (Å²) in [6.07, 6.45) is 0.504. The summed E-state index contributed by atoms with van der Waals surface area (Å²) in [4.78, 5) is 13.7. The van der Waals surface area contributed by atoms with E-state index in [0.29, 0.717) is 6.42 Å². The molecule has 4 nitrogen and oxygen atoms in total. The molecule has 0 atom stereocenters. The number of methoxy groups -OCH3 is 1. The molecule has 0 N–H and O–H groups in total. The topological polar surface area (TPSA) is 32.8 Å². The maximum Gasteiger partial charge on any atom is 0.306 e. The number of carbonyl (C=O) groups is 1. The molecule has 0 bridgehead atoms. The second-order valence-electron chi connectivity index (χ2n) is 7.20. The summed E-state index contributed by atoms with van der Waals surface area (Å²) in [6, 6.07) is 0. The highest BCUT2D eigenvalue weighted by Gasteiger charge is 2.49. The molecule has 1 fully saturated rings. The van der Waals surface area contributed by atoms with Crippen molar-refractivity contribution in [2.75, 3.05) is 33.4 Å². The van der Waals surface area contributed by atoms with E-state index in [9.17, 15) is 4.79 Å². The van der Waals surface area contributed by atoms with E-state index < -0.39 is 8.24 Å². The second-order valence-corrected chi connectivity index (χ2v) is 13.1. The molecule has 0 radical (unpaired) electrons. The van der Waals surface area contributed by atoms with Crippen molar-refractivity contribution in [3.8, 4) is 0 Å². The fourth-order valence-electron chi connectivity index (χ4n) is 4.59. The molecule has 0 spiro atoms. The Labute approximate surface area is 131 Å². The van der Waals surface area contributed by atoms with Crippen LogP contribution in [0, 0.1) is 0 Å². The molecule has 0 aromatic heterocycles. The molecule has 21 heavy (non-hydrogen) atoms. The van der Waals surface area contributed by atoms with E-state index in [2.05, 4.69) is 51.0 Å². The quantitative estimate of drug-likeness (QED) is 0.533. The minimum atomic E-state index is -1.53. The van der Waals surface area contributed by atoms with E-state index in [1.165, 1.54) is 7.11 Å². The molecule has 1 aliphatic rings. The highest BCUT2D eigenvalue weighted by Crippen LogP contribution is 2.44. The van der Waals surface area contributed by atoms with Gasteiger partial charge in [-0.2, -0.15) is 0 Å². The highest BCUT2D eigenvalue weighted by molar-refractivity contribution is 6.81. The van der Waals surface area contributed by atoms with Crippen molar-refractivity contribution in [2.24, 2.45) is 0 Å². The van der Waals surface area contributed by atoms with Crippen LogP contribution in [0.3, 0.4) is 0 Å². The van der Waals surface area contributed by atoms with Crippen LogP contribution in [0.5, 0.6) is 0 Å². The lowest BCUT2D eigenvalue weighted by atomic mass is 10.4. The first-order chi connectivity index (χ1) is 9.76. The lowest BCUT2D eigenvalue weighted by molar-refractivity contribution is -0.140. The fraction of sp³-hybridized carbons (Fsp3) is 0.938. The van der Waals surface area contributed by atoms with E-state index in [1.807, 2.05) is 0 Å². The third kappa shape index (κ3) is 3.87. The molecular formula is C16H34N2O2Si. The number of nitrogens with zero attached hydrogens (tertiary/aromatic N) is 2. The van der Waals surface area contributed by atoms with Gasteiger partial charge in [0, 0.05) is 26.3 Å². The molecule has 0 aromatic carbocycles. The molecule has 1 heterocycles. The van der Waals surface area contributed by atoms with E-state index >= 15 is 0 Å². The summed E-state index contributed by atoms with van der Waals surface area (Å²) in [6.45, 7) is 18.5. The SMILES string of the molecule is COC(=O)CCN1CCN([Si](C(C)C)(C(C)C)C(C)C)C1. The molecule has 1 saturated heterocycles. The van der Waals surface area contributed by atoms with Crippen LogP contribution in [-0.2, 0) is 9.53 Å². The Morgan fingerprint density at radius 1 is 1.05 bits per heavy atom. The number of ether oxygens (including phenoxy) is 1. The monoisotopic (exact) mass is 314 g/mol. The van der Waals surface area contributed by atoms with Crippen LogP contribution in [-0.4, -0.2) is 57.1 Å². The zero-order valence-corrected chi connectivity index (χ0v) is 16.0. The van der Waals surface area contributed by atoms with Crippen LogP contribution in [0.15, 0.2) is 0 Å². The molecular weight excluding hydrogens is 280 g/mol. The number of rotatable bonds is 7. The van der Waals surface area contributed by atoms with Crippen LogP contribution >= 0.6 is 0 Å². The van der Waals surface area contributed by atoms with Gasteiger partial charge in [0.25, 0.3) is 0 Å². The molecule has 0 unspecified atom stereocenters. The van der Waals surface area contributed by atoms with Crippen LogP contribution < -0.4 is 0 Å². The Morgan fingerprint density at radius 2 is 1.57 bits per heavy atom. The van der Waals surface area contributed by atoms with Crippen molar-refractivity contribution < 1.29 is 9.53 Å². The van der Waals surface area contributed by atoms with Gasteiger partial charge in [-0.1, -0.05) is 41.5 Å². The van der Waals surface area contributed by atoms with Crippen LogP contribution in [0.1, 0.15) is 48.0 Å². The van der Waals surface area contributed by atoms with Gasteiger partial charge in [0.15, 0.2) is 0 Å². The van der Waals surface area contributed by atoms with E-state index in [-0.39, 0.29) is 5.97 Å². The zero-order chi connectivity index (χ0) is 16.2. The molecule has 0 aromatic rings. The molecule has 1 aliphatic heterocycles. The van der Waals surface area contributed by atoms with Crippen molar-refractivity contribution >= 4 is 14.2 Å². The number of esters is 1. The Balaban J connectivity index is 2.77. The molecule has 0 saturated carbocycles. The van der Waals surface area contributed by atoms with E-state index in [1.54, 1.807) is 0 Å². The predicted octanol–water partition coefficient (Wildman–Crippen LogP) is 3.30. The average Bonchev–Trinajstić information content (AvgIpc) is 2.84. The van der Waals surface area contributed by atoms with E-state index in [4.69, 9.17) is 4.74 Å². The summed E-state index contributed by atoms with van der Waals surface area (Å²) in [7, 11) is -0.0602. The fourth-order valence-corrected chi connectivity index (χ4v) is 11.7. The van der Waals surface area contributed by atoms with Gasteiger partial charge in [0.2, 0.25) is 0 Å². The maximum absolute atomic E-state index is 11.3. The van der Waals surface area contributed by atoms with Crippen molar-refractivity contribution in [1.82, 2.24) is 9.47 Å². The van der Waals surface area contributed by atoms with Crippen LogP contribution in [0.25, 0.3) is 0 Å². The standard InChI is InChI=1S/C16H34N2O2Si/c1-13(2)21(14(3)4,15(5)6)18-11-10-17(12-18)9-8-16(19)20-7/h13-15H,8-12H2,1-7H3. The minimum Gasteiger partial charge on any atom is -0.469 e. The second kappa shape index (κ2) is 7.74. The molecule has 0 aliphatic carbocycles. The van der Waals surface area contributed by atoms with Crippen molar-refractivity contribution in [2.45, 2.75) is 64.6 Å². The lowest BCUT2D eigenvalue weighted by Crippen LogP contribution is -2.59. The molecule has 5 heteroatoms. The van der Waals surface area contributed by atoms with Gasteiger partial charge in [-0.05, 0) is 16.6 Å². The zero-order valence-electron chi connectivity index (χ0n) is 15.0. The predicted molar refractivity (Wildman–Crippen MR) is 90.8 cm³/mol. The van der Waals surface area contributed by atoms with E-state index in [0.717, 1.165) is 42.9 Å². The first-order valence-electron chi connectivity index (χ1n) is 8.30. The van der Waals surface area contributed by atoms with Gasteiger partial charge in [0.05, 0.1) is 13.5 Å². The van der Waals surface area contributed by atoms with Crippen molar-refractivity contribution in [3.05, 3.63) is 0 Å².